The van der Waals surface area contributed by atoms with Crippen molar-refractivity contribution in [2.24, 2.45) is 17.6 Å². The molecule has 1 saturated carbocycles. The molecule has 5 N–H and O–H groups in total. The van der Waals surface area contributed by atoms with Crippen molar-refractivity contribution in [1.82, 2.24) is 35.1 Å². The van der Waals surface area contributed by atoms with Crippen LogP contribution in [0.3, 0.4) is 0 Å². The molecule has 2 aromatic carbocycles. The molecule has 4 atom stereocenters. The van der Waals surface area contributed by atoms with Crippen molar-refractivity contribution in [3.63, 3.8) is 0 Å². The van der Waals surface area contributed by atoms with Crippen LogP contribution in [0.15, 0.2) is 60.9 Å². The van der Waals surface area contributed by atoms with Crippen LogP contribution in [-0.2, 0) is 19.1 Å². The maximum absolute atomic E-state index is 13.6. The molecule has 7 rings (SSSR count). The minimum atomic E-state index is -0.948. The molecule has 296 valence electrons. The summed E-state index contributed by atoms with van der Waals surface area (Å²) in [6.07, 6.45) is 8.45. The number of nitrogens with two attached hydrogens (primary N) is 1. The molecule has 2 saturated heterocycles. The summed E-state index contributed by atoms with van der Waals surface area (Å²) in [6, 6.07) is 16.3. The van der Waals surface area contributed by atoms with Crippen molar-refractivity contribution in [2.45, 2.75) is 95.9 Å². The molecular weight excluding hydrogens is 713 g/mol. The van der Waals surface area contributed by atoms with Crippen LogP contribution in [0.2, 0.25) is 0 Å². The predicted molar refractivity (Wildman–Crippen MR) is 210 cm³/mol. The SMILES string of the molecule is CCC(C)[C@H](OC(N)=O)C(=O)N1CCC[C@H]1c1ncc(-c2ccc(-c3ccc(-c4cnc([C@@H]5CCCN5C(=O)C5CCC(NC(=O)OC)CC5)[nH]4)cc3)cc2)[nH]1. The second-order valence-electron chi connectivity index (χ2n) is 15.3. The zero-order chi connectivity index (χ0) is 39.3. The minimum Gasteiger partial charge on any atom is -0.453 e. The number of rotatable bonds is 11. The average Bonchev–Trinajstić information content (AvgIpc) is 4.06. The molecule has 1 aliphatic carbocycles. The van der Waals surface area contributed by atoms with E-state index >= 15 is 0 Å². The Morgan fingerprint density at radius 2 is 1.29 bits per heavy atom. The first kappa shape index (κ1) is 38.6. The lowest BCUT2D eigenvalue weighted by Gasteiger charge is -2.32. The highest BCUT2D eigenvalue weighted by molar-refractivity contribution is 5.84. The molecular formula is C42H52N8O6. The minimum absolute atomic E-state index is 0.0424. The van der Waals surface area contributed by atoms with Crippen molar-refractivity contribution in [3.05, 3.63) is 72.6 Å². The number of aromatic amines is 2. The quantitative estimate of drug-likeness (QED) is 0.127. The first-order valence-electron chi connectivity index (χ1n) is 19.9. The number of amides is 4. The van der Waals surface area contributed by atoms with Crippen LogP contribution < -0.4 is 11.1 Å². The molecule has 0 bridgehead atoms. The molecule has 3 fully saturated rings. The molecule has 2 aromatic heterocycles. The second kappa shape index (κ2) is 17.0. The van der Waals surface area contributed by atoms with Gasteiger partial charge < -0.3 is 40.3 Å². The van der Waals surface area contributed by atoms with Gasteiger partial charge in [-0.2, -0.15) is 0 Å². The number of likely N-dealkylation sites (tertiary alicyclic amines) is 2. The number of carbonyl (C=O) groups is 4. The van der Waals surface area contributed by atoms with E-state index in [1.165, 1.54) is 7.11 Å². The van der Waals surface area contributed by atoms with E-state index in [1.807, 2.05) is 24.9 Å². The van der Waals surface area contributed by atoms with Gasteiger partial charge in [0.25, 0.3) is 5.91 Å². The Kier molecular flexibility index (Phi) is 11.7. The number of methoxy groups -OCH3 is 1. The van der Waals surface area contributed by atoms with Crippen molar-refractivity contribution >= 4 is 24.0 Å². The fourth-order valence-electron chi connectivity index (χ4n) is 8.48. The normalized spacial score (nSPS) is 22.1. The summed E-state index contributed by atoms with van der Waals surface area (Å²) in [4.78, 5) is 70.4. The van der Waals surface area contributed by atoms with E-state index in [4.69, 9.17) is 20.2 Å². The summed E-state index contributed by atoms with van der Waals surface area (Å²) in [6.45, 7) is 5.12. The summed E-state index contributed by atoms with van der Waals surface area (Å²) >= 11 is 0. The van der Waals surface area contributed by atoms with Gasteiger partial charge in [0, 0.05) is 31.0 Å². The molecule has 0 radical (unpaired) electrons. The third kappa shape index (κ3) is 8.29. The number of H-pyrrole nitrogens is 2. The molecule has 1 unspecified atom stereocenters. The Morgan fingerprint density at radius 1 is 0.786 bits per heavy atom. The van der Waals surface area contributed by atoms with Crippen LogP contribution in [0.4, 0.5) is 9.59 Å². The Morgan fingerprint density at radius 3 is 1.79 bits per heavy atom. The highest BCUT2D eigenvalue weighted by Gasteiger charge is 2.40. The number of alkyl carbamates (subject to hydrolysis) is 1. The summed E-state index contributed by atoms with van der Waals surface area (Å²) < 4.78 is 9.99. The van der Waals surface area contributed by atoms with Gasteiger partial charge in [-0.05, 0) is 80.0 Å². The molecule has 14 nitrogen and oxygen atoms in total. The van der Waals surface area contributed by atoms with Gasteiger partial charge >= 0.3 is 12.2 Å². The summed E-state index contributed by atoms with van der Waals surface area (Å²) in [5.74, 6) is 1.26. The number of carbonyl (C=O) groups excluding carboxylic acids is 4. The molecule has 2 aliphatic heterocycles. The zero-order valence-corrected chi connectivity index (χ0v) is 32.3. The van der Waals surface area contributed by atoms with Gasteiger partial charge in [0.05, 0.1) is 43.0 Å². The molecule has 0 spiro atoms. The second-order valence-corrected chi connectivity index (χ2v) is 15.3. The van der Waals surface area contributed by atoms with Crippen LogP contribution in [0.1, 0.15) is 95.4 Å². The van der Waals surface area contributed by atoms with Gasteiger partial charge in [0.2, 0.25) is 5.91 Å². The number of nitrogens with one attached hydrogen (secondary N) is 3. The lowest BCUT2D eigenvalue weighted by Crippen LogP contribution is -2.45. The number of primary amides is 1. The molecule has 56 heavy (non-hydrogen) atoms. The third-order valence-electron chi connectivity index (χ3n) is 11.9. The lowest BCUT2D eigenvalue weighted by atomic mass is 9.85. The Balaban J connectivity index is 0.968. The number of imidazole rings is 2. The van der Waals surface area contributed by atoms with E-state index in [2.05, 4.69) is 68.8 Å². The lowest BCUT2D eigenvalue weighted by molar-refractivity contribution is -0.144. The van der Waals surface area contributed by atoms with Gasteiger partial charge in [0.15, 0.2) is 6.10 Å². The molecule has 3 aliphatic rings. The van der Waals surface area contributed by atoms with E-state index in [9.17, 15) is 19.2 Å². The van der Waals surface area contributed by atoms with Crippen LogP contribution >= 0.6 is 0 Å². The number of benzene rings is 2. The Labute approximate surface area is 326 Å². The van der Waals surface area contributed by atoms with Gasteiger partial charge in [-0.1, -0.05) is 62.4 Å². The van der Waals surface area contributed by atoms with E-state index < -0.39 is 18.3 Å². The van der Waals surface area contributed by atoms with Gasteiger partial charge in [-0.25, -0.2) is 19.6 Å². The summed E-state index contributed by atoms with van der Waals surface area (Å²) in [5, 5.41) is 2.87. The highest BCUT2D eigenvalue weighted by Crippen LogP contribution is 2.37. The van der Waals surface area contributed by atoms with Crippen molar-refractivity contribution in [2.75, 3.05) is 20.2 Å². The molecule has 4 amide bonds. The van der Waals surface area contributed by atoms with Crippen LogP contribution in [-0.4, -0.2) is 86.1 Å². The van der Waals surface area contributed by atoms with Crippen LogP contribution in [0.5, 0.6) is 0 Å². The Bertz CT molecular complexity index is 2000. The maximum atomic E-state index is 13.6. The largest absolute Gasteiger partial charge is 0.453 e. The molecule has 4 aromatic rings. The number of nitrogens with zero attached hydrogens (tertiary/aromatic N) is 4. The maximum Gasteiger partial charge on any atom is 0.407 e. The first-order chi connectivity index (χ1) is 27.1. The van der Waals surface area contributed by atoms with E-state index in [0.717, 1.165) is 97.4 Å². The molecule has 4 heterocycles. The van der Waals surface area contributed by atoms with E-state index in [0.29, 0.717) is 18.8 Å². The van der Waals surface area contributed by atoms with Gasteiger partial charge in [-0.15, -0.1) is 0 Å². The smallest absolute Gasteiger partial charge is 0.407 e. The Hall–Kier alpha value is -5.66. The average molecular weight is 765 g/mol. The predicted octanol–water partition coefficient (Wildman–Crippen LogP) is 6.89. The van der Waals surface area contributed by atoms with Gasteiger partial charge in [-0.3, -0.25) is 9.59 Å². The van der Waals surface area contributed by atoms with E-state index in [-0.39, 0.29) is 41.8 Å². The monoisotopic (exact) mass is 764 g/mol. The van der Waals surface area contributed by atoms with Crippen molar-refractivity contribution in [3.8, 4) is 33.6 Å². The van der Waals surface area contributed by atoms with Gasteiger partial charge in [0.1, 0.15) is 11.6 Å². The summed E-state index contributed by atoms with van der Waals surface area (Å²) in [7, 11) is 1.36. The first-order valence-corrected chi connectivity index (χ1v) is 19.9. The number of aromatic nitrogens is 4. The van der Waals surface area contributed by atoms with Crippen LogP contribution in [0.25, 0.3) is 33.6 Å². The fourth-order valence-corrected chi connectivity index (χ4v) is 8.48. The number of hydrogen-bond donors (Lipinski definition) is 4. The number of ether oxygens (including phenoxy) is 2. The fraction of sp³-hybridized carbons (Fsp3) is 0.476. The zero-order valence-electron chi connectivity index (χ0n) is 32.3. The van der Waals surface area contributed by atoms with Crippen molar-refractivity contribution in [1.29, 1.82) is 0 Å². The third-order valence-corrected chi connectivity index (χ3v) is 11.9. The number of hydrogen-bond acceptors (Lipinski definition) is 8. The van der Waals surface area contributed by atoms with E-state index in [1.54, 1.807) is 11.1 Å². The standard InChI is InChI=1S/C42H52N8O6/c1-4-25(2)36(56-41(43)53)40(52)50-22-6-8-35(50)38-45-24-33(48-38)29-15-11-27(12-16-29)26-9-13-28(14-10-26)32-23-44-37(47-32)34-7-5-21-49(34)39(51)30-17-19-31(20-18-30)46-42(54)55-3/h9-16,23-25,30-31,34-36H,4-8,17-22H2,1-3H3,(H2,43,53)(H,44,47)(H,45,48)(H,46,54)/t25?,30?,31?,34-,35-,36-/m0/s1. The molecule has 14 heteroatoms. The van der Waals surface area contributed by atoms with Crippen molar-refractivity contribution < 1.29 is 28.7 Å². The summed E-state index contributed by atoms with van der Waals surface area (Å²) in [5.41, 5.74) is 11.2. The topological polar surface area (TPSA) is 189 Å². The highest BCUT2D eigenvalue weighted by atomic mass is 16.6. The van der Waals surface area contributed by atoms with Crippen LogP contribution in [0, 0.1) is 11.8 Å².